The van der Waals surface area contributed by atoms with Gasteiger partial charge in [0.1, 0.15) is 16.9 Å². The highest BCUT2D eigenvalue weighted by atomic mass is 19.4. The van der Waals surface area contributed by atoms with Gasteiger partial charge in [0, 0.05) is 24.0 Å². The fraction of sp³-hybridized carbons (Fsp3) is 0.370. The summed E-state index contributed by atoms with van der Waals surface area (Å²) in [6.07, 6.45) is -0.444. The molecule has 0 bridgehead atoms. The first kappa shape index (κ1) is 29.0. The van der Waals surface area contributed by atoms with E-state index in [1.807, 2.05) is 0 Å². The molecule has 4 aromatic rings. The van der Waals surface area contributed by atoms with Gasteiger partial charge < -0.3 is 25.0 Å². The smallest absolute Gasteiger partial charge is 0.401 e. The van der Waals surface area contributed by atoms with E-state index in [2.05, 4.69) is 30.9 Å². The first-order valence-corrected chi connectivity index (χ1v) is 12.8. The number of hydrogen-bond acceptors (Lipinski definition) is 9. The molecule has 0 atom stereocenters. The predicted molar refractivity (Wildman–Crippen MR) is 142 cm³/mol. The maximum absolute atomic E-state index is 14.9. The molecule has 3 aromatic heterocycles. The van der Waals surface area contributed by atoms with Crippen molar-refractivity contribution in [2.45, 2.75) is 56.8 Å². The van der Waals surface area contributed by atoms with Gasteiger partial charge in [-0.2, -0.15) is 13.2 Å². The lowest BCUT2D eigenvalue weighted by Gasteiger charge is -2.16. The van der Waals surface area contributed by atoms with E-state index >= 15 is 0 Å². The normalized spacial score (nSPS) is 14.5. The molecule has 0 radical (unpaired) electrons. The summed E-state index contributed by atoms with van der Waals surface area (Å²) in [6.45, 7) is 3.54. The van der Waals surface area contributed by atoms with Crippen LogP contribution in [0.2, 0.25) is 0 Å². The molecule has 3 heterocycles. The molecule has 0 spiro atoms. The van der Waals surface area contributed by atoms with Crippen LogP contribution in [-0.4, -0.2) is 54.8 Å². The molecule has 1 aromatic carbocycles. The monoisotopic (exact) mass is 589 g/mol. The molecule has 15 heteroatoms. The van der Waals surface area contributed by atoms with Gasteiger partial charge in [-0.05, 0) is 43.9 Å². The second-order valence-electron chi connectivity index (χ2n) is 10.7. The lowest BCUT2D eigenvalue weighted by atomic mass is 10.0. The Morgan fingerprint density at radius 3 is 2.48 bits per heavy atom. The van der Waals surface area contributed by atoms with Crippen LogP contribution < -0.4 is 15.4 Å². The number of halogens is 4. The number of nitrogens with zero attached hydrogens (tertiary/aromatic N) is 5. The summed E-state index contributed by atoms with van der Waals surface area (Å²) in [7, 11) is 1.46. The van der Waals surface area contributed by atoms with Crippen molar-refractivity contribution in [3.63, 3.8) is 0 Å². The van der Waals surface area contributed by atoms with Crippen molar-refractivity contribution in [2.75, 3.05) is 17.7 Å². The Bertz CT molecular complexity index is 1590. The minimum Gasteiger partial charge on any atom is -0.478 e. The summed E-state index contributed by atoms with van der Waals surface area (Å²) < 4.78 is 66.3. The summed E-state index contributed by atoms with van der Waals surface area (Å²) >= 11 is 0. The Morgan fingerprint density at radius 1 is 1.17 bits per heavy atom. The van der Waals surface area contributed by atoms with Crippen LogP contribution in [0.15, 0.2) is 47.4 Å². The quantitative estimate of drug-likeness (QED) is 0.223. The fourth-order valence-corrected chi connectivity index (χ4v) is 4.36. The van der Waals surface area contributed by atoms with E-state index in [9.17, 15) is 27.5 Å². The summed E-state index contributed by atoms with van der Waals surface area (Å²) in [5, 5.41) is 23.1. The van der Waals surface area contributed by atoms with E-state index in [4.69, 9.17) is 9.26 Å². The number of aliphatic hydroxyl groups is 1. The Labute approximate surface area is 236 Å². The van der Waals surface area contributed by atoms with Gasteiger partial charge in [-0.3, -0.25) is 9.48 Å². The molecular weight excluding hydrogens is 562 g/mol. The lowest BCUT2D eigenvalue weighted by molar-refractivity contribution is -0.165. The van der Waals surface area contributed by atoms with Crippen molar-refractivity contribution in [2.24, 2.45) is 0 Å². The molecule has 1 amide bonds. The Hall–Kier alpha value is -4.53. The zero-order chi connectivity index (χ0) is 30.3. The zero-order valence-corrected chi connectivity index (χ0v) is 22.8. The minimum atomic E-state index is -4.48. The van der Waals surface area contributed by atoms with Crippen molar-refractivity contribution in [1.29, 1.82) is 0 Å². The number of nitrogens with one attached hydrogen (secondary N) is 2. The van der Waals surface area contributed by atoms with Gasteiger partial charge in [-0.25, -0.2) is 14.4 Å². The van der Waals surface area contributed by atoms with Gasteiger partial charge in [-0.1, -0.05) is 17.3 Å². The van der Waals surface area contributed by atoms with Crippen LogP contribution in [-0.2, 0) is 23.2 Å². The zero-order valence-electron chi connectivity index (χ0n) is 22.8. The fourth-order valence-electron chi connectivity index (χ4n) is 4.36. The number of hydrogen-bond donors (Lipinski definition) is 3. The topological polar surface area (TPSA) is 140 Å². The number of carbonyl (C=O) groups excluding carboxylic acids is 1. The second-order valence-corrected chi connectivity index (χ2v) is 10.7. The number of carbonyl (C=O) groups is 1. The maximum atomic E-state index is 14.9. The van der Waals surface area contributed by atoms with Gasteiger partial charge >= 0.3 is 6.18 Å². The third-order valence-corrected chi connectivity index (χ3v) is 6.65. The molecule has 222 valence electrons. The highest BCUT2D eigenvalue weighted by Crippen LogP contribution is 2.59. The molecule has 1 aliphatic rings. The van der Waals surface area contributed by atoms with Crippen molar-refractivity contribution in [3.05, 3.63) is 60.0 Å². The average molecular weight is 590 g/mol. The van der Waals surface area contributed by atoms with E-state index < -0.39 is 28.9 Å². The van der Waals surface area contributed by atoms with Crippen molar-refractivity contribution in [1.82, 2.24) is 24.9 Å². The van der Waals surface area contributed by atoms with E-state index in [1.54, 1.807) is 26.1 Å². The molecule has 11 nitrogen and oxygen atoms in total. The number of methoxy groups -OCH3 is 1. The van der Waals surface area contributed by atoms with E-state index in [-0.39, 0.29) is 54.8 Å². The Morgan fingerprint density at radius 2 is 1.88 bits per heavy atom. The average Bonchev–Trinajstić information content (AvgIpc) is 3.48. The molecule has 3 N–H and O–H groups in total. The second kappa shape index (κ2) is 10.7. The third-order valence-electron chi connectivity index (χ3n) is 6.65. The summed E-state index contributed by atoms with van der Waals surface area (Å²) in [6, 6.07) is 5.30. The van der Waals surface area contributed by atoms with E-state index in [0.717, 1.165) is 6.07 Å². The molecule has 42 heavy (non-hydrogen) atoms. The van der Waals surface area contributed by atoms with Crippen molar-refractivity contribution >= 4 is 23.4 Å². The SMILES string of the molecule is COc1nn(CC(C)(C)O)cc1Nc1ncc(-c2ccc(CC(=O)Nc3cc(C4(C(F)(F)F)CC4)on3)c(F)c2)cn1. The van der Waals surface area contributed by atoms with Gasteiger partial charge in [0.25, 0.3) is 5.88 Å². The van der Waals surface area contributed by atoms with Gasteiger partial charge in [0.2, 0.25) is 11.9 Å². The molecule has 0 saturated heterocycles. The lowest BCUT2D eigenvalue weighted by Crippen LogP contribution is -2.28. The van der Waals surface area contributed by atoms with Crippen LogP contribution in [0.4, 0.5) is 35.0 Å². The highest BCUT2D eigenvalue weighted by Gasteiger charge is 2.66. The van der Waals surface area contributed by atoms with Gasteiger partial charge in [0.15, 0.2) is 11.6 Å². The number of ether oxygens (including phenoxy) is 1. The maximum Gasteiger partial charge on any atom is 0.401 e. The number of benzene rings is 1. The first-order valence-electron chi connectivity index (χ1n) is 12.8. The number of amides is 1. The number of rotatable bonds is 10. The standard InChI is InChI=1S/C27H27F4N7O4/c1-25(2,40)14-38-13-19(23(36-38)41-3)34-24-32-11-17(12-33-24)15-4-5-16(18(28)8-15)9-22(39)35-21-10-20(42-37-21)26(6-7-26)27(29,30)31/h4-5,8,10-13,40H,6-7,9,14H2,1-3H3,(H,32,33,34)(H,35,37,39). The predicted octanol–water partition coefficient (Wildman–Crippen LogP) is 4.77. The molecule has 0 aliphatic heterocycles. The molecule has 1 saturated carbocycles. The van der Waals surface area contributed by atoms with Crippen LogP contribution in [0.3, 0.4) is 0 Å². The van der Waals surface area contributed by atoms with Crippen molar-refractivity contribution in [3.8, 4) is 17.0 Å². The minimum absolute atomic E-state index is 0.0725. The largest absolute Gasteiger partial charge is 0.478 e. The number of aromatic nitrogens is 5. The number of alkyl halides is 3. The Balaban J connectivity index is 1.21. The molecule has 0 unspecified atom stereocenters. The van der Waals surface area contributed by atoms with E-state index in [0.29, 0.717) is 16.8 Å². The molecule has 5 rings (SSSR count). The highest BCUT2D eigenvalue weighted by molar-refractivity contribution is 5.91. The van der Waals surface area contributed by atoms with Crippen LogP contribution in [0.1, 0.15) is 38.0 Å². The molecular formula is C27H27F4N7O4. The van der Waals surface area contributed by atoms with Crippen LogP contribution in [0, 0.1) is 5.82 Å². The van der Waals surface area contributed by atoms with Crippen LogP contribution in [0.25, 0.3) is 11.1 Å². The van der Waals surface area contributed by atoms with Crippen LogP contribution in [0.5, 0.6) is 5.88 Å². The first-order chi connectivity index (χ1) is 19.8. The molecule has 1 fully saturated rings. The molecule has 1 aliphatic carbocycles. The van der Waals surface area contributed by atoms with Gasteiger partial charge in [-0.15, -0.1) is 5.10 Å². The Kier molecular flexibility index (Phi) is 7.39. The summed E-state index contributed by atoms with van der Waals surface area (Å²) in [5.41, 5.74) is -1.52. The third kappa shape index (κ3) is 6.20. The van der Waals surface area contributed by atoms with Crippen molar-refractivity contribution < 1.29 is 36.7 Å². The van der Waals surface area contributed by atoms with Gasteiger partial charge in [0.05, 0.1) is 31.9 Å². The number of anilines is 3. The van der Waals surface area contributed by atoms with E-state index in [1.165, 1.54) is 36.3 Å². The summed E-state index contributed by atoms with van der Waals surface area (Å²) in [4.78, 5) is 20.9. The van der Waals surface area contributed by atoms with Crippen LogP contribution >= 0.6 is 0 Å². The summed E-state index contributed by atoms with van der Waals surface area (Å²) in [5.74, 6) is -1.35.